The Bertz CT molecular complexity index is 342. The molecule has 21 heavy (non-hydrogen) atoms. The number of fused-ring (bicyclic) bond motifs is 3. The Hall–Kier alpha value is -0.330. The number of rotatable bonds is 4. The van der Waals surface area contributed by atoms with Gasteiger partial charge in [0, 0.05) is 18.6 Å². The van der Waals surface area contributed by atoms with E-state index in [-0.39, 0.29) is 6.10 Å². The van der Waals surface area contributed by atoms with Gasteiger partial charge in [0.15, 0.2) is 0 Å². The van der Waals surface area contributed by atoms with Gasteiger partial charge >= 0.3 is 6.18 Å². The predicted molar refractivity (Wildman–Crippen MR) is 74.1 cm³/mol. The van der Waals surface area contributed by atoms with Crippen LogP contribution in [0.2, 0.25) is 0 Å². The van der Waals surface area contributed by atoms with Crippen LogP contribution in [0.4, 0.5) is 13.2 Å². The van der Waals surface area contributed by atoms with E-state index in [1.54, 1.807) is 0 Å². The van der Waals surface area contributed by atoms with Crippen LogP contribution in [0.1, 0.15) is 38.5 Å². The normalized spacial score (nSPS) is 40.4. The average Bonchev–Trinajstić information content (AvgIpc) is 2.46. The third kappa shape index (κ3) is 4.33. The molecule has 4 aliphatic rings. The van der Waals surface area contributed by atoms with Crippen molar-refractivity contribution in [3.8, 4) is 0 Å². The van der Waals surface area contributed by atoms with Crippen LogP contribution < -0.4 is 5.32 Å². The second-order valence-electron chi connectivity index (χ2n) is 6.82. The molecule has 0 aromatic heterocycles. The summed E-state index contributed by atoms with van der Waals surface area (Å²) in [6.07, 6.45) is 1.58. The lowest BCUT2D eigenvalue weighted by molar-refractivity contribution is -0.188. The molecule has 3 aliphatic heterocycles. The summed E-state index contributed by atoms with van der Waals surface area (Å²) in [5.41, 5.74) is 0. The van der Waals surface area contributed by atoms with E-state index >= 15 is 0 Å². The van der Waals surface area contributed by atoms with Crippen LogP contribution in [0.3, 0.4) is 0 Å². The van der Waals surface area contributed by atoms with Gasteiger partial charge in [-0.25, -0.2) is 0 Å². The molecule has 1 aliphatic carbocycles. The minimum absolute atomic E-state index is 0.237. The fourth-order valence-corrected chi connectivity index (χ4v) is 4.12. The van der Waals surface area contributed by atoms with Crippen LogP contribution in [-0.4, -0.2) is 55.5 Å². The first-order valence-corrected chi connectivity index (χ1v) is 8.16. The van der Waals surface area contributed by atoms with Crippen LogP contribution in [0.15, 0.2) is 0 Å². The lowest BCUT2D eigenvalue weighted by Crippen LogP contribution is -2.58. The summed E-state index contributed by atoms with van der Waals surface area (Å²) in [4.78, 5) is 2.50. The van der Waals surface area contributed by atoms with Crippen molar-refractivity contribution in [2.45, 2.75) is 62.9 Å². The monoisotopic (exact) mass is 306 g/mol. The Morgan fingerprint density at radius 1 is 1.10 bits per heavy atom. The number of piperidine rings is 3. The first kappa shape index (κ1) is 15.6. The summed E-state index contributed by atoms with van der Waals surface area (Å²) in [6.45, 7) is 2.43. The zero-order valence-electron chi connectivity index (χ0n) is 12.4. The van der Waals surface area contributed by atoms with E-state index in [0.717, 1.165) is 38.1 Å². The average molecular weight is 306 g/mol. The maximum atomic E-state index is 12.2. The third-order valence-corrected chi connectivity index (χ3v) is 5.21. The number of hydrogen-bond acceptors (Lipinski definition) is 3. The SMILES string of the molecule is FC(F)(F)COC1CCCC(NC2CN3CCC2CC3)C1. The van der Waals surface area contributed by atoms with E-state index < -0.39 is 12.8 Å². The number of halogens is 3. The molecule has 3 atom stereocenters. The highest BCUT2D eigenvalue weighted by atomic mass is 19.4. The van der Waals surface area contributed by atoms with Crippen molar-refractivity contribution >= 4 is 0 Å². The van der Waals surface area contributed by atoms with Gasteiger partial charge in [-0.15, -0.1) is 0 Å². The van der Waals surface area contributed by atoms with Crippen molar-refractivity contribution in [3.63, 3.8) is 0 Å². The summed E-state index contributed by atoms with van der Waals surface area (Å²) < 4.78 is 41.8. The quantitative estimate of drug-likeness (QED) is 0.864. The molecule has 122 valence electrons. The lowest BCUT2D eigenvalue weighted by atomic mass is 9.82. The molecule has 2 bridgehead atoms. The Balaban J connectivity index is 1.45. The Kier molecular flexibility index (Phi) is 4.76. The molecule has 4 fully saturated rings. The minimum atomic E-state index is -4.21. The molecule has 3 unspecified atom stereocenters. The fourth-order valence-electron chi connectivity index (χ4n) is 4.12. The van der Waals surface area contributed by atoms with Gasteiger partial charge in [-0.1, -0.05) is 0 Å². The third-order valence-electron chi connectivity index (χ3n) is 5.21. The Labute approximate surface area is 124 Å². The van der Waals surface area contributed by atoms with Gasteiger partial charge in [0.25, 0.3) is 0 Å². The molecule has 3 nitrogen and oxygen atoms in total. The fraction of sp³-hybridized carbons (Fsp3) is 1.00. The molecule has 0 aromatic carbocycles. The summed E-state index contributed by atoms with van der Waals surface area (Å²) in [5.74, 6) is 0.756. The number of hydrogen-bond donors (Lipinski definition) is 1. The first-order chi connectivity index (χ1) is 9.99. The molecule has 4 rings (SSSR count). The topological polar surface area (TPSA) is 24.5 Å². The second-order valence-corrected chi connectivity index (χ2v) is 6.82. The smallest absolute Gasteiger partial charge is 0.369 e. The molecule has 1 saturated carbocycles. The standard InChI is InChI=1S/C15H25F3N2O/c16-15(17,18)10-21-13-3-1-2-12(8-13)19-14-9-20-6-4-11(14)5-7-20/h11-14,19H,1-10H2. The number of ether oxygens (including phenoxy) is 1. The van der Waals surface area contributed by atoms with Crippen LogP contribution in [0.25, 0.3) is 0 Å². The van der Waals surface area contributed by atoms with E-state index in [0.29, 0.717) is 12.1 Å². The van der Waals surface area contributed by atoms with Crippen LogP contribution in [-0.2, 0) is 4.74 Å². The van der Waals surface area contributed by atoms with E-state index in [2.05, 4.69) is 10.2 Å². The van der Waals surface area contributed by atoms with Gasteiger partial charge in [0.1, 0.15) is 6.61 Å². The van der Waals surface area contributed by atoms with Crippen LogP contribution in [0, 0.1) is 5.92 Å². The van der Waals surface area contributed by atoms with Crippen LogP contribution >= 0.6 is 0 Å². The molecule has 0 radical (unpaired) electrons. The van der Waals surface area contributed by atoms with Gasteiger partial charge in [-0.3, -0.25) is 0 Å². The van der Waals surface area contributed by atoms with E-state index in [1.807, 2.05) is 0 Å². The highest BCUT2D eigenvalue weighted by molar-refractivity contribution is 4.93. The lowest BCUT2D eigenvalue weighted by Gasteiger charge is -2.47. The molecule has 0 aromatic rings. The van der Waals surface area contributed by atoms with Gasteiger partial charge in [-0.2, -0.15) is 13.2 Å². The summed E-state index contributed by atoms with van der Waals surface area (Å²) in [6, 6.07) is 0.849. The van der Waals surface area contributed by atoms with Gasteiger partial charge in [-0.05, 0) is 57.5 Å². The summed E-state index contributed by atoms with van der Waals surface area (Å²) in [7, 11) is 0. The zero-order valence-corrected chi connectivity index (χ0v) is 12.4. The van der Waals surface area contributed by atoms with E-state index in [4.69, 9.17) is 4.74 Å². The van der Waals surface area contributed by atoms with Crippen molar-refractivity contribution in [1.82, 2.24) is 10.2 Å². The second kappa shape index (κ2) is 6.42. The van der Waals surface area contributed by atoms with Crippen molar-refractivity contribution < 1.29 is 17.9 Å². The molecular formula is C15H25F3N2O. The maximum absolute atomic E-state index is 12.2. The molecule has 0 amide bonds. The summed E-state index contributed by atoms with van der Waals surface area (Å²) >= 11 is 0. The van der Waals surface area contributed by atoms with Crippen molar-refractivity contribution in [2.24, 2.45) is 5.92 Å². The highest BCUT2D eigenvalue weighted by Crippen LogP contribution is 2.30. The number of nitrogens with one attached hydrogen (secondary N) is 1. The molecule has 3 saturated heterocycles. The van der Waals surface area contributed by atoms with Crippen molar-refractivity contribution in [2.75, 3.05) is 26.2 Å². The number of alkyl halides is 3. The van der Waals surface area contributed by atoms with Gasteiger partial charge in [0.2, 0.25) is 0 Å². The Morgan fingerprint density at radius 3 is 2.48 bits per heavy atom. The van der Waals surface area contributed by atoms with E-state index in [9.17, 15) is 13.2 Å². The molecule has 3 heterocycles. The molecule has 0 spiro atoms. The molecular weight excluding hydrogens is 281 g/mol. The zero-order chi connectivity index (χ0) is 14.9. The predicted octanol–water partition coefficient (Wildman–Crippen LogP) is 2.56. The van der Waals surface area contributed by atoms with Gasteiger partial charge < -0.3 is 15.0 Å². The first-order valence-electron chi connectivity index (χ1n) is 8.16. The largest absolute Gasteiger partial charge is 0.411 e. The maximum Gasteiger partial charge on any atom is 0.411 e. The minimum Gasteiger partial charge on any atom is -0.369 e. The molecule has 6 heteroatoms. The van der Waals surface area contributed by atoms with E-state index in [1.165, 1.54) is 25.9 Å². The Morgan fingerprint density at radius 2 is 1.86 bits per heavy atom. The molecule has 1 N–H and O–H groups in total. The van der Waals surface area contributed by atoms with Gasteiger partial charge in [0.05, 0.1) is 6.10 Å². The van der Waals surface area contributed by atoms with Crippen molar-refractivity contribution in [3.05, 3.63) is 0 Å². The van der Waals surface area contributed by atoms with Crippen molar-refractivity contribution in [1.29, 1.82) is 0 Å². The van der Waals surface area contributed by atoms with Crippen LogP contribution in [0.5, 0.6) is 0 Å². The summed E-state index contributed by atoms with van der Waals surface area (Å²) in [5, 5.41) is 3.71. The highest BCUT2D eigenvalue weighted by Gasteiger charge is 2.36. The number of nitrogens with zero attached hydrogens (tertiary/aromatic N) is 1.